The Labute approximate surface area is 79.1 Å². The molecule has 1 N–H and O–H groups in total. The first kappa shape index (κ1) is 8.75. The van der Waals surface area contributed by atoms with E-state index in [-0.39, 0.29) is 0 Å². The second-order valence-corrected chi connectivity index (χ2v) is 3.80. The summed E-state index contributed by atoms with van der Waals surface area (Å²) in [7, 11) is 0. The van der Waals surface area contributed by atoms with Gasteiger partial charge in [0, 0.05) is 18.8 Å². The minimum Gasteiger partial charge on any atom is -0.314 e. The third-order valence-corrected chi connectivity index (χ3v) is 2.35. The summed E-state index contributed by atoms with van der Waals surface area (Å²) in [6.45, 7) is 4.19. The van der Waals surface area contributed by atoms with E-state index in [9.17, 15) is 0 Å². The van der Waals surface area contributed by atoms with Gasteiger partial charge >= 0.3 is 0 Å². The fourth-order valence-corrected chi connectivity index (χ4v) is 1.42. The Balaban J connectivity index is 1.61. The van der Waals surface area contributed by atoms with Crippen LogP contribution in [0.25, 0.3) is 0 Å². The molecule has 1 aromatic heterocycles. The molecule has 3 nitrogen and oxygen atoms in total. The van der Waals surface area contributed by atoms with Crippen LogP contribution in [0.15, 0.2) is 12.3 Å². The van der Waals surface area contributed by atoms with Crippen LogP contribution in [0.1, 0.15) is 25.0 Å². The van der Waals surface area contributed by atoms with Crippen LogP contribution >= 0.6 is 0 Å². The van der Waals surface area contributed by atoms with Gasteiger partial charge in [0.05, 0.1) is 5.69 Å². The third kappa shape index (κ3) is 2.84. The molecule has 1 heterocycles. The van der Waals surface area contributed by atoms with Gasteiger partial charge in [0.15, 0.2) is 0 Å². The van der Waals surface area contributed by atoms with Crippen molar-refractivity contribution in [2.75, 3.05) is 6.54 Å². The van der Waals surface area contributed by atoms with E-state index in [1.165, 1.54) is 19.3 Å². The maximum Gasteiger partial charge on any atom is 0.0593 e. The average Bonchev–Trinajstić information content (AvgIpc) is 2.84. The number of nitrogens with one attached hydrogen (secondary N) is 1. The molecule has 0 saturated heterocycles. The highest BCUT2D eigenvalue weighted by Crippen LogP contribution is 2.18. The van der Waals surface area contributed by atoms with Gasteiger partial charge in [-0.05, 0) is 38.8 Å². The molecule has 1 aliphatic rings. The Bertz CT molecular complexity index is 263. The van der Waals surface area contributed by atoms with Crippen molar-refractivity contribution in [1.29, 1.82) is 0 Å². The molecule has 0 unspecified atom stereocenters. The molecule has 0 spiro atoms. The van der Waals surface area contributed by atoms with Gasteiger partial charge in [-0.15, -0.1) is 0 Å². The second kappa shape index (κ2) is 3.92. The van der Waals surface area contributed by atoms with Gasteiger partial charge in [-0.1, -0.05) is 0 Å². The molecule has 1 fully saturated rings. The minimum absolute atomic E-state index is 0.833. The molecule has 3 heteroatoms. The van der Waals surface area contributed by atoms with Gasteiger partial charge < -0.3 is 5.32 Å². The zero-order valence-corrected chi connectivity index (χ0v) is 8.16. The molecule has 1 saturated carbocycles. The van der Waals surface area contributed by atoms with Crippen LogP contribution in [0.4, 0.5) is 0 Å². The van der Waals surface area contributed by atoms with Crippen molar-refractivity contribution in [2.45, 2.75) is 38.8 Å². The van der Waals surface area contributed by atoms with Crippen LogP contribution in [-0.4, -0.2) is 22.4 Å². The number of nitrogens with zero attached hydrogens (tertiary/aromatic N) is 2. The summed E-state index contributed by atoms with van der Waals surface area (Å²) < 4.78 is 2.02. The zero-order valence-electron chi connectivity index (χ0n) is 8.16. The normalized spacial score (nSPS) is 16.4. The van der Waals surface area contributed by atoms with E-state index in [2.05, 4.69) is 10.4 Å². The van der Waals surface area contributed by atoms with Crippen molar-refractivity contribution in [1.82, 2.24) is 15.1 Å². The first-order valence-corrected chi connectivity index (χ1v) is 5.08. The lowest BCUT2D eigenvalue weighted by Crippen LogP contribution is -2.19. The van der Waals surface area contributed by atoms with Crippen molar-refractivity contribution in [2.24, 2.45) is 0 Å². The highest BCUT2D eigenvalue weighted by molar-refractivity contribution is 4.94. The third-order valence-electron chi connectivity index (χ3n) is 2.35. The summed E-state index contributed by atoms with van der Waals surface area (Å²) in [5, 5.41) is 7.82. The highest BCUT2D eigenvalue weighted by Gasteiger charge is 2.19. The molecule has 0 atom stereocenters. The maximum absolute atomic E-state index is 4.33. The number of rotatable bonds is 5. The molecule has 1 aliphatic carbocycles. The van der Waals surface area contributed by atoms with Gasteiger partial charge in [-0.25, -0.2) is 0 Å². The molecule has 2 rings (SSSR count). The predicted octanol–water partition coefficient (Wildman–Crippen LogP) is 1.33. The fraction of sp³-hybridized carbons (Fsp3) is 0.700. The molecular weight excluding hydrogens is 162 g/mol. The quantitative estimate of drug-likeness (QED) is 0.691. The maximum atomic E-state index is 4.33. The van der Waals surface area contributed by atoms with Crippen LogP contribution in [0.3, 0.4) is 0 Å². The molecule has 0 aromatic carbocycles. The second-order valence-electron chi connectivity index (χ2n) is 3.80. The molecule has 0 aliphatic heterocycles. The SMILES string of the molecule is Cc1ccn(CCCNC2CC2)n1. The largest absolute Gasteiger partial charge is 0.314 e. The van der Waals surface area contributed by atoms with E-state index in [1.54, 1.807) is 0 Å². The van der Waals surface area contributed by atoms with Crippen molar-refractivity contribution >= 4 is 0 Å². The molecular formula is C10H17N3. The Kier molecular flexibility index (Phi) is 2.64. The van der Waals surface area contributed by atoms with Crippen molar-refractivity contribution in [3.8, 4) is 0 Å². The first-order chi connectivity index (χ1) is 6.34. The summed E-state index contributed by atoms with van der Waals surface area (Å²) in [5.41, 5.74) is 1.11. The van der Waals surface area contributed by atoms with Crippen molar-refractivity contribution in [3.05, 3.63) is 18.0 Å². The van der Waals surface area contributed by atoms with Crippen LogP contribution in [0.5, 0.6) is 0 Å². The lowest BCUT2D eigenvalue weighted by atomic mass is 10.4. The van der Waals surface area contributed by atoms with Crippen LogP contribution in [0, 0.1) is 6.92 Å². The fourth-order valence-electron chi connectivity index (χ4n) is 1.42. The van der Waals surface area contributed by atoms with Gasteiger partial charge in [0.2, 0.25) is 0 Å². The summed E-state index contributed by atoms with van der Waals surface area (Å²) in [4.78, 5) is 0. The first-order valence-electron chi connectivity index (χ1n) is 5.08. The summed E-state index contributed by atoms with van der Waals surface area (Å²) in [5.74, 6) is 0. The van der Waals surface area contributed by atoms with E-state index >= 15 is 0 Å². The van der Waals surface area contributed by atoms with E-state index in [0.29, 0.717) is 0 Å². The summed E-state index contributed by atoms with van der Waals surface area (Å²) in [6.07, 6.45) is 5.98. The molecule has 0 bridgehead atoms. The molecule has 13 heavy (non-hydrogen) atoms. The van der Waals surface area contributed by atoms with Gasteiger partial charge in [0.25, 0.3) is 0 Å². The topological polar surface area (TPSA) is 29.9 Å². The predicted molar refractivity (Wildman–Crippen MR) is 52.6 cm³/mol. The summed E-state index contributed by atoms with van der Waals surface area (Å²) >= 11 is 0. The molecule has 1 aromatic rings. The molecule has 0 amide bonds. The van der Waals surface area contributed by atoms with Crippen LogP contribution in [-0.2, 0) is 6.54 Å². The highest BCUT2D eigenvalue weighted by atomic mass is 15.3. The Morgan fingerprint density at radius 3 is 3.08 bits per heavy atom. The van der Waals surface area contributed by atoms with E-state index in [4.69, 9.17) is 0 Å². The molecule has 0 radical (unpaired) electrons. The minimum atomic E-state index is 0.833. The molecule has 72 valence electrons. The van der Waals surface area contributed by atoms with Gasteiger partial charge in [-0.3, -0.25) is 4.68 Å². The van der Waals surface area contributed by atoms with Crippen LogP contribution in [0.2, 0.25) is 0 Å². The number of aryl methyl sites for hydroxylation is 2. The van der Waals surface area contributed by atoms with E-state index < -0.39 is 0 Å². The zero-order chi connectivity index (χ0) is 9.10. The number of hydrogen-bond donors (Lipinski definition) is 1. The number of hydrogen-bond acceptors (Lipinski definition) is 2. The van der Waals surface area contributed by atoms with Gasteiger partial charge in [-0.2, -0.15) is 5.10 Å². The Hall–Kier alpha value is -0.830. The van der Waals surface area contributed by atoms with Gasteiger partial charge in [0.1, 0.15) is 0 Å². The summed E-state index contributed by atoms with van der Waals surface area (Å²) in [6, 6.07) is 2.88. The van der Waals surface area contributed by atoms with Crippen molar-refractivity contribution < 1.29 is 0 Å². The monoisotopic (exact) mass is 179 g/mol. The Morgan fingerprint density at radius 1 is 1.62 bits per heavy atom. The van der Waals surface area contributed by atoms with E-state index in [1.807, 2.05) is 23.9 Å². The van der Waals surface area contributed by atoms with E-state index in [0.717, 1.165) is 24.8 Å². The average molecular weight is 179 g/mol. The lowest BCUT2D eigenvalue weighted by Gasteiger charge is -2.02. The standard InChI is InChI=1S/C10H17N3/c1-9-5-8-13(12-9)7-2-6-11-10-3-4-10/h5,8,10-11H,2-4,6-7H2,1H3. The lowest BCUT2D eigenvalue weighted by molar-refractivity contribution is 0.540. The smallest absolute Gasteiger partial charge is 0.0593 e. The Morgan fingerprint density at radius 2 is 2.46 bits per heavy atom. The number of aromatic nitrogens is 2. The van der Waals surface area contributed by atoms with Crippen LogP contribution < -0.4 is 5.32 Å². The van der Waals surface area contributed by atoms with Crippen molar-refractivity contribution in [3.63, 3.8) is 0 Å².